The highest BCUT2D eigenvalue weighted by Crippen LogP contribution is 2.24. The molecule has 25 heavy (non-hydrogen) atoms. The van der Waals surface area contributed by atoms with Crippen LogP contribution in [0.4, 0.5) is 10.5 Å². The fraction of sp³-hybridized carbons (Fsp3) is 0.556. The summed E-state index contributed by atoms with van der Waals surface area (Å²) in [5, 5.41) is 8.87. The molecule has 6 nitrogen and oxygen atoms in total. The number of benzene rings is 1. The molecule has 0 saturated carbocycles. The van der Waals surface area contributed by atoms with Crippen LogP contribution in [0.5, 0.6) is 0 Å². The number of para-hydroxylation sites is 1. The minimum Gasteiger partial charge on any atom is -0.355 e. The van der Waals surface area contributed by atoms with Crippen molar-refractivity contribution < 1.29 is 9.59 Å². The number of carbonyl (C=O) groups excluding carboxylic acids is 2. The summed E-state index contributed by atoms with van der Waals surface area (Å²) in [7, 11) is 0. The Morgan fingerprint density at radius 1 is 1.24 bits per heavy atom. The van der Waals surface area contributed by atoms with Crippen LogP contribution in [0.2, 0.25) is 0 Å². The van der Waals surface area contributed by atoms with Gasteiger partial charge in [-0.25, -0.2) is 4.79 Å². The van der Waals surface area contributed by atoms with Gasteiger partial charge in [0, 0.05) is 30.6 Å². The molecule has 0 radical (unpaired) electrons. The van der Waals surface area contributed by atoms with E-state index in [4.69, 9.17) is 0 Å². The summed E-state index contributed by atoms with van der Waals surface area (Å²) in [6.45, 7) is 4.87. The zero-order valence-corrected chi connectivity index (χ0v) is 15.8. The van der Waals surface area contributed by atoms with Gasteiger partial charge in [-0.3, -0.25) is 9.69 Å². The molecule has 1 heterocycles. The Hall–Kier alpha value is -1.73. The first kappa shape index (κ1) is 19.6. The lowest BCUT2D eigenvalue weighted by atomic mass is 10.1. The van der Waals surface area contributed by atoms with Gasteiger partial charge in [0.1, 0.15) is 0 Å². The van der Waals surface area contributed by atoms with Crippen molar-refractivity contribution in [2.75, 3.05) is 37.8 Å². The van der Waals surface area contributed by atoms with E-state index in [-0.39, 0.29) is 18.0 Å². The number of nitrogens with zero attached hydrogens (tertiary/aromatic N) is 1. The monoisotopic (exact) mass is 364 g/mol. The van der Waals surface area contributed by atoms with E-state index in [0.717, 1.165) is 49.5 Å². The minimum absolute atomic E-state index is 0.0830. The summed E-state index contributed by atoms with van der Waals surface area (Å²) in [4.78, 5) is 27.2. The van der Waals surface area contributed by atoms with Crippen molar-refractivity contribution in [2.45, 2.75) is 37.1 Å². The summed E-state index contributed by atoms with van der Waals surface area (Å²) in [6.07, 6.45) is 4.66. The molecular formula is C18H28N4O2S. The minimum atomic E-state index is -0.166. The average molecular weight is 365 g/mol. The van der Waals surface area contributed by atoms with Crippen LogP contribution in [0.1, 0.15) is 26.2 Å². The third-order valence-electron chi connectivity index (χ3n) is 4.22. The zero-order valence-electron chi connectivity index (χ0n) is 15.0. The number of amides is 3. The summed E-state index contributed by atoms with van der Waals surface area (Å²) in [5.74, 6) is 0.0830. The lowest BCUT2D eigenvalue weighted by Gasteiger charge is -2.31. The van der Waals surface area contributed by atoms with E-state index >= 15 is 0 Å². The Kier molecular flexibility index (Phi) is 8.08. The summed E-state index contributed by atoms with van der Waals surface area (Å²) >= 11 is 1.61. The van der Waals surface area contributed by atoms with Crippen molar-refractivity contribution in [3.05, 3.63) is 24.3 Å². The molecule has 0 spiro atoms. The number of hydrogen-bond donors (Lipinski definition) is 3. The predicted octanol–water partition coefficient (Wildman–Crippen LogP) is 2.52. The maximum atomic E-state index is 12.2. The Labute approximate surface area is 154 Å². The number of nitrogens with one attached hydrogen (secondary N) is 3. The van der Waals surface area contributed by atoms with Gasteiger partial charge in [-0.15, -0.1) is 11.8 Å². The molecule has 0 aromatic heterocycles. The SMILES string of the molecule is CCCNC(=O)CN1CCC(NC(=O)Nc2ccccc2SC)CC1. The van der Waals surface area contributed by atoms with E-state index in [9.17, 15) is 9.59 Å². The summed E-state index contributed by atoms with van der Waals surface area (Å²) in [6, 6.07) is 7.75. The van der Waals surface area contributed by atoms with Crippen molar-refractivity contribution in [1.82, 2.24) is 15.5 Å². The quantitative estimate of drug-likeness (QED) is 0.650. The Morgan fingerprint density at radius 2 is 1.96 bits per heavy atom. The van der Waals surface area contributed by atoms with E-state index < -0.39 is 0 Å². The second-order valence-corrected chi connectivity index (χ2v) is 7.05. The van der Waals surface area contributed by atoms with Crippen molar-refractivity contribution in [1.29, 1.82) is 0 Å². The molecule has 1 fully saturated rings. The van der Waals surface area contributed by atoms with Crippen LogP contribution in [0.25, 0.3) is 0 Å². The van der Waals surface area contributed by atoms with Gasteiger partial charge < -0.3 is 16.0 Å². The predicted molar refractivity (Wildman–Crippen MR) is 103 cm³/mol. The third-order valence-corrected chi connectivity index (χ3v) is 5.01. The van der Waals surface area contributed by atoms with Gasteiger partial charge in [0.05, 0.1) is 12.2 Å². The van der Waals surface area contributed by atoms with E-state index in [1.54, 1.807) is 11.8 Å². The highest BCUT2D eigenvalue weighted by Gasteiger charge is 2.22. The van der Waals surface area contributed by atoms with Crippen LogP contribution in [0.3, 0.4) is 0 Å². The normalized spacial score (nSPS) is 15.6. The van der Waals surface area contributed by atoms with E-state index in [1.165, 1.54) is 0 Å². The fourth-order valence-corrected chi connectivity index (χ4v) is 3.40. The first-order chi connectivity index (χ1) is 12.1. The first-order valence-corrected chi connectivity index (χ1v) is 10.0. The van der Waals surface area contributed by atoms with Crippen molar-refractivity contribution >= 4 is 29.4 Å². The van der Waals surface area contributed by atoms with E-state index in [2.05, 4.69) is 20.9 Å². The molecule has 0 unspecified atom stereocenters. The van der Waals surface area contributed by atoms with Crippen LogP contribution >= 0.6 is 11.8 Å². The number of likely N-dealkylation sites (tertiary alicyclic amines) is 1. The van der Waals surface area contributed by atoms with Crippen molar-refractivity contribution in [2.24, 2.45) is 0 Å². The highest BCUT2D eigenvalue weighted by atomic mass is 32.2. The van der Waals surface area contributed by atoms with Gasteiger partial charge in [0.25, 0.3) is 0 Å². The lowest BCUT2D eigenvalue weighted by molar-refractivity contribution is -0.122. The van der Waals surface area contributed by atoms with Crippen LogP contribution in [0, 0.1) is 0 Å². The van der Waals surface area contributed by atoms with Crippen molar-refractivity contribution in [3.8, 4) is 0 Å². The van der Waals surface area contributed by atoms with Gasteiger partial charge in [-0.05, 0) is 37.7 Å². The molecule has 0 atom stereocenters. The first-order valence-electron chi connectivity index (χ1n) is 8.82. The molecule has 1 aromatic rings. The van der Waals surface area contributed by atoms with Gasteiger partial charge in [-0.2, -0.15) is 0 Å². The van der Waals surface area contributed by atoms with Crippen molar-refractivity contribution in [3.63, 3.8) is 0 Å². The molecule has 1 aromatic carbocycles. The highest BCUT2D eigenvalue weighted by molar-refractivity contribution is 7.98. The molecule has 3 N–H and O–H groups in total. The fourth-order valence-electron chi connectivity index (χ4n) is 2.85. The van der Waals surface area contributed by atoms with Gasteiger partial charge in [-0.1, -0.05) is 19.1 Å². The van der Waals surface area contributed by atoms with Crippen LogP contribution < -0.4 is 16.0 Å². The molecule has 2 rings (SSSR count). The van der Waals surface area contributed by atoms with Gasteiger partial charge in [0.2, 0.25) is 5.91 Å². The second kappa shape index (κ2) is 10.3. The molecular weight excluding hydrogens is 336 g/mol. The zero-order chi connectivity index (χ0) is 18.1. The van der Waals surface area contributed by atoms with E-state index in [1.807, 2.05) is 37.4 Å². The number of anilines is 1. The molecule has 1 saturated heterocycles. The molecule has 0 bridgehead atoms. The molecule has 0 aliphatic carbocycles. The van der Waals surface area contributed by atoms with Crippen LogP contribution in [-0.4, -0.2) is 55.3 Å². The average Bonchev–Trinajstić information content (AvgIpc) is 2.62. The third kappa shape index (κ3) is 6.59. The molecule has 1 aliphatic rings. The molecule has 3 amide bonds. The second-order valence-electron chi connectivity index (χ2n) is 6.20. The molecule has 138 valence electrons. The number of thioether (sulfide) groups is 1. The number of piperidine rings is 1. The summed E-state index contributed by atoms with van der Waals surface area (Å²) < 4.78 is 0. The standard InChI is InChI=1S/C18H28N4O2S/c1-3-10-19-17(23)13-22-11-8-14(9-12-22)20-18(24)21-15-6-4-5-7-16(15)25-2/h4-7,14H,3,8-13H2,1-2H3,(H,19,23)(H2,20,21,24). The maximum Gasteiger partial charge on any atom is 0.319 e. The number of urea groups is 1. The summed E-state index contributed by atoms with van der Waals surface area (Å²) in [5.41, 5.74) is 0.831. The Bertz CT molecular complexity index is 574. The smallest absolute Gasteiger partial charge is 0.319 e. The maximum absolute atomic E-state index is 12.2. The van der Waals surface area contributed by atoms with Crippen LogP contribution in [-0.2, 0) is 4.79 Å². The lowest BCUT2D eigenvalue weighted by Crippen LogP contribution is -2.48. The molecule has 1 aliphatic heterocycles. The molecule has 7 heteroatoms. The topological polar surface area (TPSA) is 73.5 Å². The number of rotatable bonds is 7. The largest absolute Gasteiger partial charge is 0.355 e. The van der Waals surface area contributed by atoms with Crippen LogP contribution in [0.15, 0.2) is 29.2 Å². The Morgan fingerprint density at radius 3 is 2.64 bits per heavy atom. The van der Waals surface area contributed by atoms with E-state index in [0.29, 0.717) is 6.54 Å². The number of hydrogen-bond acceptors (Lipinski definition) is 4. The Balaban J connectivity index is 1.72. The van der Waals surface area contributed by atoms with Gasteiger partial charge in [0.15, 0.2) is 0 Å². The number of carbonyl (C=O) groups is 2. The van der Waals surface area contributed by atoms with Gasteiger partial charge >= 0.3 is 6.03 Å².